The van der Waals surface area contributed by atoms with Crippen molar-refractivity contribution in [2.24, 2.45) is 0 Å². The molecule has 1 aromatic heterocycles. The molecule has 0 aliphatic carbocycles. The van der Waals surface area contributed by atoms with Crippen molar-refractivity contribution < 1.29 is 20.1 Å². The van der Waals surface area contributed by atoms with E-state index in [4.69, 9.17) is 5.11 Å². The van der Waals surface area contributed by atoms with Gasteiger partial charge in [-0.3, -0.25) is 4.79 Å². The van der Waals surface area contributed by atoms with Crippen molar-refractivity contribution >= 4 is 17.2 Å². The number of aliphatic hydroxyl groups excluding tert-OH is 1. The number of aromatic hydroxyl groups is 2. The number of hydrogen-bond donors (Lipinski definition) is 4. The zero-order valence-electron chi connectivity index (χ0n) is 11.0. The number of nitrogens with one attached hydrogen (secondary N) is 1. The van der Waals surface area contributed by atoms with Crippen molar-refractivity contribution in [2.45, 2.75) is 6.54 Å². The third-order valence-corrected chi connectivity index (χ3v) is 3.55. The van der Waals surface area contributed by atoms with Crippen molar-refractivity contribution in [2.75, 3.05) is 6.61 Å². The summed E-state index contributed by atoms with van der Waals surface area (Å²) in [6.07, 6.45) is 0. The van der Waals surface area contributed by atoms with Crippen LogP contribution in [-0.2, 0) is 6.54 Å². The van der Waals surface area contributed by atoms with E-state index >= 15 is 0 Å². The zero-order chi connectivity index (χ0) is 15.2. The fourth-order valence-corrected chi connectivity index (χ4v) is 2.41. The Labute approximate surface area is 125 Å². The molecule has 4 N–H and O–H groups in total. The summed E-state index contributed by atoms with van der Waals surface area (Å²) in [6, 6.07) is 5.63. The van der Waals surface area contributed by atoms with E-state index in [0.717, 1.165) is 16.5 Å². The highest BCUT2D eigenvalue weighted by molar-refractivity contribution is 7.10. The summed E-state index contributed by atoms with van der Waals surface area (Å²) in [5.74, 6) is 4.53. The summed E-state index contributed by atoms with van der Waals surface area (Å²) in [4.78, 5) is 12.8. The number of hydrogen-bond acceptors (Lipinski definition) is 5. The Bertz CT molecular complexity index is 712. The van der Waals surface area contributed by atoms with E-state index in [1.807, 2.05) is 11.4 Å². The maximum Gasteiger partial charge on any atom is 0.255 e. The second-order valence-electron chi connectivity index (χ2n) is 4.15. The van der Waals surface area contributed by atoms with Crippen LogP contribution in [0.15, 0.2) is 29.6 Å². The van der Waals surface area contributed by atoms with Crippen molar-refractivity contribution in [1.29, 1.82) is 0 Å². The van der Waals surface area contributed by atoms with Crippen LogP contribution >= 0.6 is 11.3 Å². The normalized spacial score (nSPS) is 9.76. The lowest BCUT2D eigenvalue weighted by molar-refractivity contribution is 0.0948. The number of aliphatic hydroxyl groups is 1. The number of benzene rings is 1. The van der Waals surface area contributed by atoms with Crippen LogP contribution in [0.25, 0.3) is 0 Å². The van der Waals surface area contributed by atoms with Crippen molar-refractivity contribution in [3.8, 4) is 23.3 Å². The van der Waals surface area contributed by atoms with Gasteiger partial charge >= 0.3 is 0 Å². The average molecular weight is 303 g/mol. The van der Waals surface area contributed by atoms with Gasteiger partial charge in [-0.15, -0.1) is 11.3 Å². The number of phenolic OH excluding ortho intramolecular Hbond substituents is 2. The molecule has 0 unspecified atom stereocenters. The molecule has 0 saturated heterocycles. The number of rotatable bonds is 3. The second kappa shape index (κ2) is 6.79. The minimum atomic E-state index is -0.427. The molecule has 1 aromatic carbocycles. The summed E-state index contributed by atoms with van der Waals surface area (Å²) >= 11 is 1.44. The molecule has 1 amide bonds. The van der Waals surface area contributed by atoms with Gasteiger partial charge in [-0.2, -0.15) is 0 Å². The molecule has 0 aliphatic rings. The second-order valence-corrected chi connectivity index (χ2v) is 5.14. The van der Waals surface area contributed by atoms with Gasteiger partial charge in [0, 0.05) is 21.9 Å². The molecule has 2 rings (SSSR count). The predicted molar refractivity (Wildman–Crippen MR) is 79.2 cm³/mol. The topological polar surface area (TPSA) is 89.8 Å². The van der Waals surface area contributed by atoms with Crippen LogP contribution in [0.1, 0.15) is 20.8 Å². The van der Waals surface area contributed by atoms with Gasteiger partial charge in [0.05, 0.1) is 12.1 Å². The van der Waals surface area contributed by atoms with Crippen LogP contribution in [0, 0.1) is 11.8 Å². The van der Waals surface area contributed by atoms with E-state index in [-0.39, 0.29) is 23.7 Å². The van der Waals surface area contributed by atoms with Gasteiger partial charge in [0.25, 0.3) is 5.91 Å². The van der Waals surface area contributed by atoms with E-state index in [1.165, 1.54) is 23.5 Å². The van der Waals surface area contributed by atoms with Crippen molar-refractivity contribution in [3.05, 3.63) is 45.6 Å². The molecule has 0 saturated carbocycles. The molecular weight excluding hydrogens is 290 g/mol. The summed E-state index contributed by atoms with van der Waals surface area (Å²) in [5.41, 5.74) is 0.885. The molecule has 0 atom stereocenters. The number of thiophene rings is 1. The lowest BCUT2D eigenvalue weighted by atomic mass is 10.2. The third kappa shape index (κ3) is 3.99. The molecule has 0 spiro atoms. The first-order chi connectivity index (χ1) is 10.1. The van der Waals surface area contributed by atoms with E-state index < -0.39 is 5.91 Å². The zero-order valence-corrected chi connectivity index (χ0v) is 11.8. The summed E-state index contributed by atoms with van der Waals surface area (Å²) < 4.78 is 0. The van der Waals surface area contributed by atoms with Gasteiger partial charge in [0.15, 0.2) is 0 Å². The van der Waals surface area contributed by atoms with E-state index in [2.05, 4.69) is 17.2 Å². The van der Waals surface area contributed by atoms with Crippen LogP contribution in [0.2, 0.25) is 0 Å². The Morgan fingerprint density at radius 1 is 1.29 bits per heavy atom. The summed E-state index contributed by atoms with van der Waals surface area (Å²) in [5, 5.41) is 31.9. The number of amides is 1. The Morgan fingerprint density at radius 3 is 2.81 bits per heavy atom. The number of carbonyl (C=O) groups is 1. The fourth-order valence-electron chi connectivity index (χ4n) is 1.66. The molecule has 6 heteroatoms. The third-order valence-electron chi connectivity index (χ3n) is 2.61. The maximum atomic E-state index is 11.9. The molecule has 0 radical (unpaired) electrons. The Hall–Kier alpha value is -2.49. The first-order valence-corrected chi connectivity index (χ1v) is 6.95. The number of phenols is 2. The molecule has 108 valence electrons. The molecule has 0 bridgehead atoms. The van der Waals surface area contributed by atoms with Gasteiger partial charge in [0.1, 0.15) is 18.1 Å². The van der Waals surface area contributed by atoms with Crippen molar-refractivity contribution in [1.82, 2.24) is 5.32 Å². The maximum absolute atomic E-state index is 11.9. The molecular formula is C15H13NO4S. The Balaban J connectivity index is 1.99. The first kappa shape index (κ1) is 14.9. The molecule has 2 aromatic rings. The Morgan fingerprint density at radius 2 is 2.10 bits per heavy atom. The van der Waals surface area contributed by atoms with E-state index in [0.29, 0.717) is 6.54 Å². The molecule has 0 aliphatic heterocycles. The quantitative estimate of drug-likeness (QED) is 0.646. The van der Waals surface area contributed by atoms with Gasteiger partial charge in [0.2, 0.25) is 0 Å². The lowest BCUT2D eigenvalue weighted by Gasteiger charge is -2.06. The largest absolute Gasteiger partial charge is 0.508 e. The highest BCUT2D eigenvalue weighted by Crippen LogP contribution is 2.22. The molecule has 1 heterocycles. The van der Waals surface area contributed by atoms with E-state index in [9.17, 15) is 15.0 Å². The molecule has 21 heavy (non-hydrogen) atoms. The fraction of sp³-hybridized carbons (Fsp3) is 0.133. The van der Waals surface area contributed by atoms with Crippen LogP contribution in [0.3, 0.4) is 0 Å². The highest BCUT2D eigenvalue weighted by atomic mass is 32.1. The van der Waals surface area contributed by atoms with Crippen molar-refractivity contribution in [3.63, 3.8) is 0 Å². The SMILES string of the molecule is O=C(NCc1cc(C#CCO)cs1)c1ccc(O)cc1O. The minimum absolute atomic E-state index is 0.102. The highest BCUT2D eigenvalue weighted by Gasteiger charge is 2.11. The van der Waals surface area contributed by atoms with Gasteiger partial charge < -0.3 is 20.6 Å². The summed E-state index contributed by atoms with van der Waals surface area (Å²) in [6.45, 7) is 0.118. The van der Waals surface area contributed by atoms with Crippen LogP contribution in [0.4, 0.5) is 0 Å². The molecule has 5 nitrogen and oxygen atoms in total. The van der Waals surface area contributed by atoms with Gasteiger partial charge in [-0.05, 0) is 18.2 Å². The van der Waals surface area contributed by atoms with Crippen LogP contribution < -0.4 is 5.32 Å². The lowest BCUT2D eigenvalue weighted by Crippen LogP contribution is -2.22. The summed E-state index contributed by atoms with van der Waals surface area (Å²) in [7, 11) is 0. The van der Waals surface area contributed by atoms with Crippen LogP contribution in [0.5, 0.6) is 11.5 Å². The van der Waals surface area contributed by atoms with Gasteiger partial charge in [-0.25, -0.2) is 0 Å². The average Bonchev–Trinajstić information content (AvgIpc) is 2.90. The smallest absolute Gasteiger partial charge is 0.255 e. The monoisotopic (exact) mass is 303 g/mol. The molecule has 0 fully saturated rings. The predicted octanol–water partition coefficient (Wildman–Crippen LogP) is 1.43. The van der Waals surface area contributed by atoms with Gasteiger partial charge in [-0.1, -0.05) is 11.8 Å². The number of carbonyl (C=O) groups excluding carboxylic acids is 1. The Kier molecular flexibility index (Phi) is 4.82. The van der Waals surface area contributed by atoms with Crippen LogP contribution in [-0.4, -0.2) is 27.8 Å². The van der Waals surface area contributed by atoms with E-state index in [1.54, 1.807) is 0 Å². The minimum Gasteiger partial charge on any atom is -0.508 e. The standard InChI is InChI=1S/C15H13NO4S/c17-5-1-2-10-6-12(21-9-10)8-16-15(20)13-4-3-11(18)7-14(13)19/h3-4,6-7,9,17-19H,5,8H2,(H,16,20). The first-order valence-electron chi connectivity index (χ1n) is 6.07.